The summed E-state index contributed by atoms with van der Waals surface area (Å²) in [7, 11) is -2.42. The van der Waals surface area contributed by atoms with Crippen molar-refractivity contribution in [3.63, 3.8) is 0 Å². The summed E-state index contributed by atoms with van der Waals surface area (Å²) in [5.74, 6) is -0.386. The molecule has 1 aliphatic heterocycles. The topological polar surface area (TPSA) is 89.7 Å². The van der Waals surface area contributed by atoms with Crippen LogP contribution in [0.5, 0.6) is 5.75 Å². The molecule has 1 aromatic rings. The molecule has 1 unspecified atom stereocenters. The van der Waals surface area contributed by atoms with Gasteiger partial charge in [-0.15, -0.1) is 0 Å². The maximum Gasteiger partial charge on any atom is 0.247 e. The second-order valence-corrected chi connectivity index (χ2v) is 7.25. The van der Waals surface area contributed by atoms with Gasteiger partial charge in [0.25, 0.3) is 0 Å². The van der Waals surface area contributed by atoms with E-state index in [1.165, 1.54) is 13.2 Å². The first-order valence-electron chi connectivity index (χ1n) is 6.02. The number of rotatable bonds is 4. The Bertz CT molecular complexity index is 632. The number of amides is 1. The molecule has 0 aliphatic carbocycles. The van der Waals surface area contributed by atoms with Crippen molar-refractivity contribution in [3.8, 4) is 5.75 Å². The Morgan fingerprint density at radius 3 is 2.80 bits per heavy atom. The fourth-order valence-corrected chi connectivity index (χ4v) is 4.65. The minimum absolute atomic E-state index is 0.0301. The molecule has 0 saturated carbocycles. The lowest BCUT2D eigenvalue weighted by atomic mass is 10.2. The fourth-order valence-electron chi connectivity index (χ4n) is 2.29. The van der Waals surface area contributed by atoms with E-state index in [9.17, 15) is 13.2 Å². The molecule has 1 atom stereocenters. The number of hydrogen-bond donors (Lipinski definition) is 1. The number of hydrogen-bond acceptors (Lipinski definition) is 4. The highest BCUT2D eigenvalue weighted by atomic mass is 79.9. The van der Waals surface area contributed by atoms with Gasteiger partial charge in [0.1, 0.15) is 16.7 Å². The van der Waals surface area contributed by atoms with Crippen LogP contribution in [0.1, 0.15) is 12.8 Å². The number of carbonyl (C=O) groups is 1. The Balaban J connectivity index is 2.50. The zero-order chi connectivity index (χ0) is 14.9. The van der Waals surface area contributed by atoms with Crippen LogP contribution in [-0.2, 0) is 14.8 Å². The highest BCUT2D eigenvalue weighted by Gasteiger charge is 2.39. The van der Waals surface area contributed by atoms with Crippen molar-refractivity contribution in [1.29, 1.82) is 0 Å². The summed E-state index contributed by atoms with van der Waals surface area (Å²) in [5, 5.41) is 0. The van der Waals surface area contributed by atoms with Crippen LogP contribution in [0.3, 0.4) is 0 Å². The average molecular weight is 363 g/mol. The van der Waals surface area contributed by atoms with Gasteiger partial charge in [-0.1, -0.05) is 15.9 Å². The minimum atomic E-state index is -3.82. The molecule has 0 aromatic heterocycles. The number of halogens is 1. The third kappa shape index (κ3) is 2.68. The normalized spacial score (nSPS) is 20.0. The van der Waals surface area contributed by atoms with Gasteiger partial charge in [0.05, 0.1) is 7.11 Å². The van der Waals surface area contributed by atoms with E-state index in [1.807, 2.05) is 0 Å². The third-order valence-electron chi connectivity index (χ3n) is 3.24. The number of nitrogens with zero attached hydrogens (tertiary/aromatic N) is 1. The molecular formula is C12H15BrN2O4S. The van der Waals surface area contributed by atoms with Gasteiger partial charge in [0.2, 0.25) is 15.9 Å². The lowest BCUT2D eigenvalue weighted by Crippen LogP contribution is -2.43. The predicted molar refractivity (Wildman–Crippen MR) is 76.8 cm³/mol. The molecule has 8 heteroatoms. The molecule has 1 aliphatic rings. The zero-order valence-corrected chi connectivity index (χ0v) is 13.3. The van der Waals surface area contributed by atoms with Gasteiger partial charge >= 0.3 is 0 Å². The summed E-state index contributed by atoms with van der Waals surface area (Å²) in [4.78, 5) is 11.4. The van der Waals surface area contributed by atoms with Crippen LogP contribution in [0.2, 0.25) is 0 Å². The number of methoxy groups -OCH3 is 1. The molecule has 1 aromatic carbocycles. The second kappa shape index (κ2) is 5.71. The monoisotopic (exact) mass is 362 g/mol. The molecule has 1 amide bonds. The lowest BCUT2D eigenvalue weighted by molar-refractivity contribution is -0.121. The molecule has 6 nitrogen and oxygen atoms in total. The Labute approximate surface area is 126 Å². The minimum Gasteiger partial charge on any atom is -0.495 e. The summed E-state index contributed by atoms with van der Waals surface area (Å²) in [6, 6.07) is 3.92. The number of benzene rings is 1. The van der Waals surface area contributed by atoms with Crippen molar-refractivity contribution < 1.29 is 17.9 Å². The summed E-state index contributed by atoms with van der Waals surface area (Å²) in [6.45, 7) is 0.283. The number of sulfonamides is 1. The predicted octanol–water partition coefficient (Wildman–Crippen LogP) is 1.10. The van der Waals surface area contributed by atoms with Crippen LogP contribution in [0, 0.1) is 0 Å². The van der Waals surface area contributed by atoms with Gasteiger partial charge in [-0.25, -0.2) is 8.42 Å². The molecule has 0 spiro atoms. The van der Waals surface area contributed by atoms with E-state index in [1.54, 1.807) is 12.1 Å². The van der Waals surface area contributed by atoms with Gasteiger partial charge in [-0.3, -0.25) is 4.79 Å². The van der Waals surface area contributed by atoms with Crippen molar-refractivity contribution >= 4 is 31.9 Å². The number of ether oxygens (including phenoxy) is 1. The highest BCUT2D eigenvalue weighted by molar-refractivity contribution is 9.10. The lowest BCUT2D eigenvalue weighted by Gasteiger charge is -2.22. The maximum absolute atomic E-state index is 12.7. The highest BCUT2D eigenvalue weighted by Crippen LogP contribution is 2.33. The smallest absolute Gasteiger partial charge is 0.247 e. The maximum atomic E-state index is 12.7. The van der Waals surface area contributed by atoms with Crippen molar-refractivity contribution in [2.75, 3.05) is 13.7 Å². The van der Waals surface area contributed by atoms with Crippen molar-refractivity contribution in [2.45, 2.75) is 23.8 Å². The summed E-state index contributed by atoms with van der Waals surface area (Å²) >= 11 is 3.24. The van der Waals surface area contributed by atoms with E-state index in [4.69, 9.17) is 10.5 Å². The molecule has 1 heterocycles. The number of nitrogens with two attached hydrogens (primary N) is 1. The van der Waals surface area contributed by atoms with Gasteiger partial charge in [0.15, 0.2) is 0 Å². The van der Waals surface area contributed by atoms with Crippen LogP contribution < -0.4 is 10.5 Å². The van der Waals surface area contributed by atoms with Crippen molar-refractivity contribution in [2.24, 2.45) is 5.73 Å². The summed E-state index contributed by atoms with van der Waals surface area (Å²) in [5.41, 5.74) is 5.28. The van der Waals surface area contributed by atoms with E-state index in [0.29, 0.717) is 17.3 Å². The fraction of sp³-hybridized carbons (Fsp3) is 0.417. The van der Waals surface area contributed by atoms with Crippen LogP contribution in [0.4, 0.5) is 0 Å². The first-order chi connectivity index (χ1) is 9.37. The van der Waals surface area contributed by atoms with Crippen LogP contribution >= 0.6 is 15.9 Å². The molecule has 1 fully saturated rings. The van der Waals surface area contributed by atoms with Crippen LogP contribution in [0.25, 0.3) is 0 Å². The molecule has 110 valence electrons. The standard InChI is InChI=1S/C12H15BrN2O4S/c1-19-10-5-4-8(13)7-11(10)20(17,18)15-6-2-3-9(15)12(14)16/h4-5,7,9H,2-3,6H2,1H3,(H2,14,16). The van der Waals surface area contributed by atoms with E-state index < -0.39 is 22.0 Å². The average Bonchev–Trinajstić information content (AvgIpc) is 2.88. The number of primary amides is 1. The van der Waals surface area contributed by atoms with E-state index >= 15 is 0 Å². The SMILES string of the molecule is COc1ccc(Br)cc1S(=O)(=O)N1CCCC1C(N)=O. The Morgan fingerprint density at radius 1 is 1.50 bits per heavy atom. The molecule has 0 bridgehead atoms. The molecule has 1 saturated heterocycles. The first kappa shape index (κ1) is 15.3. The largest absolute Gasteiger partial charge is 0.495 e. The Hall–Kier alpha value is -1.12. The first-order valence-corrected chi connectivity index (χ1v) is 8.26. The zero-order valence-electron chi connectivity index (χ0n) is 10.9. The Kier molecular flexibility index (Phi) is 4.36. The van der Waals surface area contributed by atoms with Crippen molar-refractivity contribution in [3.05, 3.63) is 22.7 Å². The molecule has 2 N–H and O–H groups in total. The molecule has 20 heavy (non-hydrogen) atoms. The Morgan fingerprint density at radius 2 is 2.20 bits per heavy atom. The van der Waals surface area contributed by atoms with Gasteiger partial charge in [-0.05, 0) is 31.0 Å². The van der Waals surface area contributed by atoms with E-state index in [-0.39, 0.29) is 17.2 Å². The van der Waals surface area contributed by atoms with E-state index in [2.05, 4.69) is 15.9 Å². The van der Waals surface area contributed by atoms with Gasteiger partial charge < -0.3 is 10.5 Å². The van der Waals surface area contributed by atoms with Gasteiger partial charge in [0, 0.05) is 11.0 Å². The van der Waals surface area contributed by atoms with Crippen LogP contribution in [0.15, 0.2) is 27.6 Å². The van der Waals surface area contributed by atoms with E-state index in [0.717, 1.165) is 4.31 Å². The van der Waals surface area contributed by atoms with Crippen molar-refractivity contribution in [1.82, 2.24) is 4.31 Å². The quantitative estimate of drug-likeness (QED) is 0.867. The number of carbonyl (C=O) groups excluding carboxylic acids is 1. The van der Waals surface area contributed by atoms with Crippen LogP contribution in [-0.4, -0.2) is 38.3 Å². The summed E-state index contributed by atoms with van der Waals surface area (Å²) in [6.07, 6.45) is 1.06. The molecular weight excluding hydrogens is 348 g/mol. The molecule has 0 radical (unpaired) electrons. The van der Waals surface area contributed by atoms with Gasteiger partial charge in [-0.2, -0.15) is 4.31 Å². The molecule has 2 rings (SSSR count). The second-order valence-electron chi connectivity index (χ2n) is 4.47. The third-order valence-corrected chi connectivity index (χ3v) is 5.67. The summed E-state index contributed by atoms with van der Waals surface area (Å²) < 4.78 is 32.3.